The lowest BCUT2D eigenvalue weighted by Gasteiger charge is -2.35. The first-order valence-electron chi connectivity index (χ1n) is 9.60. The third kappa shape index (κ3) is 4.57. The van der Waals surface area contributed by atoms with Crippen LogP contribution in [-0.4, -0.2) is 48.8 Å². The number of nitrogens with one attached hydrogen (secondary N) is 1. The van der Waals surface area contributed by atoms with Crippen molar-refractivity contribution in [3.05, 3.63) is 52.4 Å². The normalized spacial score (nSPS) is 16.5. The Morgan fingerprint density at radius 3 is 2.67 bits per heavy atom. The van der Waals surface area contributed by atoms with Crippen LogP contribution in [0.15, 0.2) is 28.8 Å². The minimum Gasteiger partial charge on any atom is -0.379 e. The molecule has 1 aromatic carbocycles. The van der Waals surface area contributed by atoms with E-state index in [2.05, 4.69) is 46.6 Å². The maximum absolute atomic E-state index is 12.9. The first-order valence-corrected chi connectivity index (χ1v) is 9.60. The number of ether oxygens (including phenoxy) is 1. The number of nitrogens with zero attached hydrogens (tertiary/aromatic N) is 2. The minimum atomic E-state index is -0.122. The van der Waals surface area contributed by atoms with Gasteiger partial charge in [0.2, 0.25) is 0 Å². The zero-order valence-corrected chi connectivity index (χ0v) is 16.6. The SMILES string of the molecule is Cc1cccc(C(CNC(=O)c2c(C)noc2C(C)C)N2CCOCC2)c1. The molecular weight excluding hydrogens is 342 g/mol. The van der Waals surface area contributed by atoms with Gasteiger partial charge in [0.15, 0.2) is 5.76 Å². The fraction of sp³-hybridized carbons (Fsp3) is 0.524. The van der Waals surface area contributed by atoms with Gasteiger partial charge in [-0.05, 0) is 19.4 Å². The molecule has 0 bridgehead atoms. The Kier molecular flexibility index (Phi) is 6.29. The fourth-order valence-corrected chi connectivity index (χ4v) is 3.56. The predicted octanol–water partition coefficient (Wildman–Crippen LogP) is 3.22. The molecule has 2 heterocycles. The van der Waals surface area contributed by atoms with Gasteiger partial charge in [0.05, 0.1) is 24.9 Å². The summed E-state index contributed by atoms with van der Waals surface area (Å²) in [7, 11) is 0. The average Bonchev–Trinajstić information content (AvgIpc) is 3.05. The highest BCUT2D eigenvalue weighted by molar-refractivity contribution is 5.96. The Balaban J connectivity index is 1.78. The number of morpholine rings is 1. The molecule has 1 atom stereocenters. The highest BCUT2D eigenvalue weighted by atomic mass is 16.5. The van der Waals surface area contributed by atoms with Crippen molar-refractivity contribution in [2.24, 2.45) is 0 Å². The van der Waals surface area contributed by atoms with Crippen molar-refractivity contribution in [2.45, 2.75) is 39.7 Å². The Morgan fingerprint density at radius 2 is 2.00 bits per heavy atom. The van der Waals surface area contributed by atoms with Gasteiger partial charge in [-0.3, -0.25) is 9.69 Å². The molecule has 1 aliphatic rings. The van der Waals surface area contributed by atoms with Gasteiger partial charge in [-0.15, -0.1) is 0 Å². The number of carbonyl (C=O) groups is 1. The number of carbonyl (C=O) groups excluding carboxylic acids is 1. The molecule has 0 radical (unpaired) electrons. The second-order valence-corrected chi connectivity index (χ2v) is 7.45. The van der Waals surface area contributed by atoms with Gasteiger partial charge in [-0.1, -0.05) is 48.8 Å². The monoisotopic (exact) mass is 371 g/mol. The highest BCUT2D eigenvalue weighted by Crippen LogP contribution is 2.24. The van der Waals surface area contributed by atoms with Gasteiger partial charge in [-0.25, -0.2) is 0 Å². The summed E-state index contributed by atoms with van der Waals surface area (Å²) in [4.78, 5) is 15.3. The van der Waals surface area contributed by atoms with Gasteiger partial charge in [0.25, 0.3) is 5.91 Å². The van der Waals surface area contributed by atoms with Crippen molar-refractivity contribution in [2.75, 3.05) is 32.8 Å². The van der Waals surface area contributed by atoms with E-state index in [4.69, 9.17) is 9.26 Å². The highest BCUT2D eigenvalue weighted by Gasteiger charge is 2.26. The Bertz CT molecular complexity index is 779. The molecule has 1 saturated heterocycles. The molecule has 1 amide bonds. The van der Waals surface area contributed by atoms with Crippen LogP contribution >= 0.6 is 0 Å². The Labute approximate surface area is 160 Å². The maximum atomic E-state index is 12.9. The van der Waals surface area contributed by atoms with Crippen molar-refractivity contribution in [1.29, 1.82) is 0 Å². The first kappa shape index (κ1) is 19.6. The number of rotatable bonds is 6. The van der Waals surface area contributed by atoms with E-state index in [0.717, 1.165) is 26.3 Å². The van der Waals surface area contributed by atoms with Crippen molar-refractivity contribution < 1.29 is 14.1 Å². The van der Waals surface area contributed by atoms with Gasteiger partial charge in [-0.2, -0.15) is 0 Å². The minimum absolute atomic E-state index is 0.110. The quantitative estimate of drug-likeness (QED) is 0.844. The summed E-state index contributed by atoms with van der Waals surface area (Å²) in [6, 6.07) is 8.59. The zero-order chi connectivity index (χ0) is 19.4. The maximum Gasteiger partial charge on any atom is 0.256 e. The largest absolute Gasteiger partial charge is 0.379 e. The second kappa shape index (κ2) is 8.67. The number of aryl methyl sites for hydroxylation is 2. The summed E-state index contributed by atoms with van der Waals surface area (Å²) in [6.07, 6.45) is 0. The molecule has 0 saturated carbocycles. The van der Waals surface area contributed by atoms with Crippen LogP contribution in [-0.2, 0) is 4.74 Å². The number of hydrogen-bond acceptors (Lipinski definition) is 5. The lowest BCUT2D eigenvalue weighted by Crippen LogP contribution is -2.44. The number of aromatic nitrogens is 1. The summed E-state index contributed by atoms with van der Waals surface area (Å²) >= 11 is 0. The predicted molar refractivity (Wildman–Crippen MR) is 104 cm³/mol. The van der Waals surface area contributed by atoms with Crippen LogP contribution in [0.4, 0.5) is 0 Å². The summed E-state index contributed by atoms with van der Waals surface area (Å²) in [5.41, 5.74) is 3.63. The van der Waals surface area contributed by atoms with Gasteiger partial charge >= 0.3 is 0 Å². The summed E-state index contributed by atoms with van der Waals surface area (Å²) in [6.45, 7) is 11.6. The van der Waals surface area contributed by atoms with Crippen molar-refractivity contribution in [3.8, 4) is 0 Å². The van der Waals surface area contributed by atoms with E-state index in [-0.39, 0.29) is 17.9 Å². The molecule has 0 spiro atoms. The van der Waals surface area contributed by atoms with E-state index < -0.39 is 0 Å². The van der Waals surface area contributed by atoms with Crippen LogP contribution in [0.3, 0.4) is 0 Å². The van der Waals surface area contributed by atoms with E-state index >= 15 is 0 Å². The molecule has 1 N–H and O–H groups in total. The molecular formula is C21H29N3O3. The van der Waals surface area contributed by atoms with Crippen LogP contribution in [0, 0.1) is 13.8 Å². The smallest absolute Gasteiger partial charge is 0.256 e. The number of hydrogen-bond donors (Lipinski definition) is 1. The zero-order valence-electron chi connectivity index (χ0n) is 16.6. The summed E-state index contributed by atoms with van der Waals surface area (Å²) in [5.74, 6) is 0.630. The molecule has 146 valence electrons. The van der Waals surface area contributed by atoms with E-state index in [1.165, 1.54) is 11.1 Å². The van der Waals surface area contributed by atoms with Gasteiger partial charge in [0.1, 0.15) is 5.56 Å². The van der Waals surface area contributed by atoms with Crippen LogP contribution in [0.2, 0.25) is 0 Å². The molecule has 3 rings (SSSR count). The number of benzene rings is 1. The fourth-order valence-electron chi connectivity index (χ4n) is 3.56. The van der Waals surface area contributed by atoms with E-state index in [1.54, 1.807) is 0 Å². The molecule has 0 aliphatic carbocycles. The molecule has 1 fully saturated rings. The first-order chi connectivity index (χ1) is 13.0. The second-order valence-electron chi connectivity index (χ2n) is 7.45. The topological polar surface area (TPSA) is 67.6 Å². The standard InChI is InChI=1S/C21H29N3O3/c1-14(2)20-19(16(4)23-27-20)21(25)22-13-18(24-8-10-26-11-9-24)17-7-5-6-15(3)12-17/h5-7,12,14,18H,8-11,13H2,1-4H3,(H,22,25). The Morgan fingerprint density at radius 1 is 1.26 bits per heavy atom. The molecule has 1 aliphatic heterocycles. The van der Waals surface area contributed by atoms with Gasteiger partial charge in [0, 0.05) is 25.6 Å². The molecule has 27 heavy (non-hydrogen) atoms. The number of amides is 1. The average molecular weight is 371 g/mol. The van der Waals surface area contributed by atoms with Gasteiger partial charge < -0.3 is 14.6 Å². The van der Waals surface area contributed by atoms with Crippen LogP contribution < -0.4 is 5.32 Å². The van der Waals surface area contributed by atoms with E-state index in [9.17, 15) is 4.79 Å². The van der Waals surface area contributed by atoms with Crippen molar-refractivity contribution >= 4 is 5.91 Å². The van der Waals surface area contributed by atoms with Crippen molar-refractivity contribution in [3.63, 3.8) is 0 Å². The Hall–Kier alpha value is -2.18. The lowest BCUT2D eigenvalue weighted by molar-refractivity contribution is 0.0162. The molecule has 2 aromatic rings. The molecule has 6 heteroatoms. The van der Waals surface area contributed by atoms with Crippen LogP contribution in [0.1, 0.15) is 58.7 Å². The molecule has 6 nitrogen and oxygen atoms in total. The van der Waals surface area contributed by atoms with E-state index in [0.29, 0.717) is 23.6 Å². The molecule has 1 unspecified atom stereocenters. The van der Waals surface area contributed by atoms with Crippen molar-refractivity contribution in [1.82, 2.24) is 15.4 Å². The summed E-state index contributed by atoms with van der Waals surface area (Å²) in [5, 5.41) is 7.10. The lowest BCUT2D eigenvalue weighted by atomic mass is 10.0. The third-order valence-corrected chi connectivity index (χ3v) is 5.01. The summed E-state index contributed by atoms with van der Waals surface area (Å²) < 4.78 is 10.9. The van der Waals surface area contributed by atoms with Crippen LogP contribution in [0.25, 0.3) is 0 Å². The van der Waals surface area contributed by atoms with Crippen LogP contribution in [0.5, 0.6) is 0 Å². The molecule has 1 aromatic heterocycles. The van der Waals surface area contributed by atoms with E-state index in [1.807, 2.05) is 20.8 Å². The third-order valence-electron chi connectivity index (χ3n) is 5.01.